The van der Waals surface area contributed by atoms with Crippen molar-refractivity contribution < 1.29 is 4.79 Å². The fourth-order valence-corrected chi connectivity index (χ4v) is 4.94. The third kappa shape index (κ3) is 2.44. The Kier molecular flexibility index (Phi) is 3.91. The number of nitriles is 1. The summed E-state index contributed by atoms with van der Waals surface area (Å²) in [4.78, 5) is 16.6. The number of nitrogens with zero attached hydrogens (tertiary/aromatic N) is 3. The maximum Gasteiger partial charge on any atom is 0.323 e. The van der Waals surface area contributed by atoms with Crippen LogP contribution in [0.2, 0.25) is 0 Å². The van der Waals surface area contributed by atoms with Crippen LogP contribution in [0.15, 0.2) is 60.7 Å². The van der Waals surface area contributed by atoms with E-state index in [2.05, 4.69) is 18.2 Å². The Bertz CT molecular complexity index is 774. The molecule has 5 heteroatoms. The summed E-state index contributed by atoms with van der Waals surface area (Å²) in [6.07, 6.45) is 0. The second-order valence-electron chi connectivity index (χ2n) is 6.04. The highest BCUT2D eigenvalue weighted by atomic mass is 32.2. The van der Waals surface area contributed by atoms with Crippen LogP contribution in [0.25, 0.3) is 0 Å². The van der Waals surface area contributed by atoms with Gasteiger partial charge in [-0.1, -0.05) is 60.7 Å². The van der Waals surface area contributed by atoms with Gasteiger partial charge in [-0.25, -0.2) is 4.79 Å². The minimum atomic E-state index is -0.390. The topological polar surface area (TPSA) is 47.3 Å². The lowest BCUT2D eigenvalue weighted by molar-refractivity contribution is 0.184. The van der Waals surface area contributed by atoms with E-state index in [1.165, 1.54) is 0 Å². The highest BCUT2D eigenvalue weighted by Gasteiger charge is 2.52. The molecule has 0 spiro atoms. The van der Waals surface area contributed by atoms with Crippen molar-refractivity contribution in [3.63, 3.8) is 0 Å². The van der Waals surface area contributed by atoms with Gasteiger partial charge < -0.3 is 9.80 Å². The zero-order valence-electron chi connectivity index (χ0n) is 13.1. The number of benzene rings is 2. The van der Waals surface area contributed by atoms with Gasteiger partial charge in [-0.3, -0.25) is 0 Å². The smallest absolute Gasteiger partial charge is 0.302 e. The molecule has 120 valence electrons. The van der Waals surface area contributed by atoms with Crippen molar-refractivity contribution in [2.75, 3.05) is 5.75 Å². The Labute approximate surface area is 145 Å². The molecule has 3 atom stereocenters. The molecule has 2 saturated heterocycles. The van der Waals surface area contributed by atoms with Gasteiger partial charge in [0, 0.05) is 12.3 Å². The molecule has 0 N–H and O–H groups in total. The number of amides is 2. The minimum absolute atomic E-state index is 0.000299. The first-order chi connectivity index (χ1) is 11.8. The molecule has 2 aromatic carbocycles. The molecule has 2 heterocycles. The molecule has 2 amide bonds. The molecule has 0 radical (unpaired) electrons. The molecular weight excluding hydrogens is 318 g/mol. The second-order valence-corrected chi connectivity index (χ2v) is 7.15. The first kappa shape index (κ1) is 15.1. The summed E-state index contributed by atoms with van der Waals surface area (Å²) in [6, 6.07) is 21.8. The van der Waals surface area contributed by atoms with Crippen LogP contribution in [0.1, 0.15) is 16.5 Å². The zero-order valence-corrected chi connectivity index (χ0v) is 13.9. The van der Waals surface area contributed by atoms with E-state index in [1.54, 1.807) is 16.7 Å². The lowest BCUT2D eigenvalue weighted by atomic mass is 10.1. The third-order valence-corrected chi connectivity index (χ3v) is 5.96. The quantitative estimate of drug-likeness (QED) is 0.860. The molecule has 4 nitrogen and oxygen atoms in total. The van der Waals surface area contributed by atoms with E-state index in [-0.39, 0.29) is 23.5 Å². The highest BCUT2D eigenvalue weighted by molar-refractivity contribution is 7.99. The maximum absolute atomic E-state index is 13.0. The van der Waals surface area contributed by atoms with Crippen molar-refractivity contribution in [1.82, 2.24) is 9.80 Å². The van der Waals surface area contributed by atoms with Gasteiger partial charge in [0.25, 0.3) is 0 Å². The van der Waals surface area contributed by atoms with Crippen LogP contribution in [0, 0.1) is 11.3 Å². The molecule has 2 fully saturated rings. The Morgan fingerprint density at radius 3 is 2.42 bits per heavy atom. The summed E-state index contributed by atoms with van der Waals surface area (Å²) < 4.78 is 0. The summed E-state index contributed by atoms with van der Waals surface area (Å²) in [5, 5.41) is 9.66. The van der Waals surface area contributed by atoms with Crippen LogP contribution in [-0.2, 0) is 6.54 Å². The molecule has 2 aliphatic rings. The van der Waals surface area contributed by atoms with E-state index in [0.717, 1.165) is 16.9 Å². The van der Waals surface area contributed by atoms with Gasteiger partial charge >= 0.3 is 6.03 Å². The van der Waals surface area contributed by atoms with Crippen LogP contribution in [0.4, 0.5) is 4.79 Å². The Hall–Kier alpha value is -2.45. The standard InChI is InChI=1S/C19H17N3OS/c20-11-16-17-13-24-18(15-9-5-2-6-10-15)22(17)19(23)21(16)12-14-7-3-1-4-8-14/h1-10,16-18H,12-13H2/t16?,17?,18-/m1/s1. The summed E-state index contributed by atoms with van der Waals surface area (Å²) in [6.45, 7) is 0.483. The van der Waals surface area contributed by atoms with Crippen LogP contribution in [-0.4, -0.2) is 33.7 Å². The molecule has 2 unspecified atom stereocenters. The lowest BCUT2D eigenvalue weighted by Gasteiger charge is -2.24. The van der Waals surface area contributed by atoms with Gasteiger partial charge in [0.15, 0.2) is 0 Å². The van der Waals surface area contributed by atoms with Crippen molar-refractivity contribution in [2.45, 2.75) is 24.0 Å². The number of hydrogen-bond donors (Lipinski definition) is 0. The molecule has 0 saturated carbocycles. The van der Waals surface area contributed by atoms with Gasteiger partial charge in [-0.2, -0.15) is 5.26 Å². The number of fused-ring (bicyclic) bond motifs is 1. The minimum Gasteiger partial charge on any atom is -0.302 e. The lowest BCUT2D eigenvalue weighted by Crippen LogP contribution is -2.35. The van der Waals surface area contributed by atoms with E-state index < -0.39 is 0 Å². The molecule has 0 aromatic heterocycles. The monoisotopic (exact) mass is 335 g/mol. The number of urea groups is 1. The predicted molar refractivity (Wildman–Crippen MR) is 94.1 cm³/mol. The second kappa shape index (κ2) is 6.21. The van der Waals surface area contributed by atoms with E-state index in [9.17, 15) is 10.1 Å². The molecule has 2 aliphatic heterocycles. The first-order valence-electron chi connectivity index (χ1n) is 7.98. The van der Waals surface area contributed by atoms with Crippen molar-refractivity contribution in [2.24, 2.45) is 0 Å². The van der Waals surface area contributed by atoms with Crippen molar-refractivity contribution in [3.8, 4) is 6.07 Å². The SMILES string of the molecule is N#CC1C2CS[C@H](c3ccccc3)N2C(=O)N1Cc1ccccc1. The molecule has 2 aromatic rings. The highest BCUT2D eigenvalue weighted by Crippen LogP contribution is 2.46. The fourth-order valence-electron chi connectivity index (χ4n) is 3.46. The molecule has 4 rings (SSSR count). The van der Waals surface area contributed by atoms with E-state index in [4.69, 9.17) is 0 Å². The fraction of sp³-hybridized carbons (Fsp3) is 0.263. The Morgan fingerprint density at radius 2 is 1.75 bits per heavy atom. The van der Waals surface area contributed by atoms with E-state index in [1.807, 2.05) is 53.4 Å². The molecule has 24 heavy (non-hydrogen) atoms. The largest absolute Gasteiger partial charge is 0.323 e. The normalized spacial score (nSPS) is 25.6. The van der Waals surface area contributed by atoms with Crippen molar-refractivity contribution >= 4 is 17.8 Å². The third-order valence-electron chi connectivity index (χ3n) is 4.61. The number of carbonyl (C=O) groups is 1. The van der Waals surface area contributed by atoms with Crippen LogP contribution >= 0.6 is 11.8 Å². The molecule has 0 aliphatic carbocycles. The summed E-state index contributed by atoms with van der Waals surface area (Å²) in [5.74, 6) is 0.800. The Morgan fingerprint density at radius 1 is 1.08 bits per heavy atom. The average Bonchev–Trinajstić information content (AvgIpc) is 3.17. The van der Waals surface area contributed by atoms with Gasteiger partial charge in [-0.05, 0) is 11.1 Å². The first-order valence-corrected chi connectivity index (χ1v) is 9.03. The average molecular weight is 335 g/mol. The maximum atomic E-state index is 13.0. The Balaban J connectivity index is 1.63. The van der Waals surface area contributed by atoms with Crippen LogP contribution in [0.3, 0.4) is 0 Å². The van der Waals surface area contributed by atoms with E-state index >= 15 is 0 Å². The number of rotatable bonds is 3. The van der Waals surface area contributed by atoms with Crippen LogP contribution in [0.5, 0.6) is 0 Å². The van der Waals surface area contributed by atoms with E-state index in [0.29, 0.717) is 6.54 Å². The summed E-state index contributed by atoms with van der Waals surface area (Å²) >= 11 is 1.75. The number of carbonyl (C=O) groups excluding carboxylic acids is 1. The predicted octanol–water partition coefficient (Wildman–Crippen LogP) is 3.63. The molecular formula is C19H17N3OS. The number of thioether (sulfide) groups is 1. The van der Waals surface area contributed by atoms with Crippen LogP contribution < -0.4 is 0 Å². The van der Waals surface area contributed by atoms with Gasteiger partial charge in [0.05, 0.1) is 12.1 Å². The van der Waals surface area contributed by atoms with Gasteiger partial charge in [0.1, 0.15) is 11.4 Å². The summed E-state index contributed by atoms with van der Waals surface area (Å²) in [5.41, 5.74) is 2.17. The molecule has 0 bridgehead atoms. The van der Waals surface area contributed by atoms with Gasteiger partial charge in [0.2, 0.25) is 0 Å². The van der Waals surface area contributed by atoms with Crippen molar-refractivity contribution in [3.05, 3.63) is 71.8 Å². The van der Waals surface area contributed by atoms with Crippen molar-refractivity contribution in [1.29, 1.82) is 5.26 Å². The number of hydrogen-bond acceptors (Lipinski definition) is 3. The zero-order chi connectivity index (χ0) is 16.5. The summed E-state index contributed by atoms with van der Waals surface area (Å²) in [7, 11) is 0. The van der Waals surface area contributed by atoms with Gasteiger partial charge in [-0.15, -0.1) is 11.8 Å².